The summed E-state index contributed by atoms with van der Waals surface area (Å²) in [5.41, 5.74) is 1.48. The molecular weight excluding hydrogens is 158 g/mol. The third kappa shape index (κ3) is 1.11. The van der Waals surface area contributed by atoms with Gasteiger partial charge in [-0.05, 0) is 48.3 Å². The van der Waals surface area contributed by atoms with Crippen LogP contribution < -0.4 is 0 Å². The van der Waals surface area contributed by atoms with Gasteiger partial charge in [-0.1, -0.05) is 12.2 Å². The van der Waals surface area contributed by atoms with Gasteiger partial charge in [-0.15, -0.1) is 0 Å². The second kappa shape index (κ2) is 2.69. The summed E-state index contributed by atoms with van der Waals surface area (Å²) in [6, 6.07) is 4.33. The molecule has 13 heavy (non-hydrogen) atoms. The molecule has 2 bridgehead atoms. The molecule has 0 N–H and O–H groups in total. The molecule has 0 aromatic carbocycles. The molecule has 1 nitrogen and oxygen atoms in total. The number of pyridine rings is 1. The van der Waals surface area contributed by atoms with E-state index in [0.29, 0.717) is 0 Å². The maximum atomic E-state index is 4.06. The van der Waals surface area contributed by atoms with Gasteiger partial charge < -0.3 is 0 Å². The summed E-state index contributed by atoms with van der Waals surface area (Å²) in [4.78, 5) is 4.06. The largest absolute Gasteiger partial charge is 0.265 e. The third-order valence-corrected chi connectivity index (χ3v) is 3.41. The predicted octanol–water partition coefficient (Wildman–Crippen LogP) is 2.76. The minimum atomic E-state index is 0.776. The van der Waals surface area contributed by atoms with Crippen LogP contribution in [0.1, 0.15) is 24.3 Å². The first-order valence-corrected chi connectivity index (χ1v) is 5.02. The van der Waals surface area contributed by atoms with Crippen LogP contribution in [-0.2, 0) is 0 Å². The fourth-order valence-corrected chi connectivity index (χ4v) is 2.77. The number of nitrogens with zero attached hydrogens (tertiary/aromatic N) is 1. The average molecular weight is 171 g/mol. The molecule has 1 aromatic heterocycles. The van der Waals surface area contributed by atoms with Crippen molar-refractivity contribution in [2.24, 2.45) is 11.8 Å². The van der Waals surface area contributed by atoms with Gasteiger partial charge >= 0.3 is 0 Å². The number of hydrogen-bond acceptors (Lipinski definition) is 1. The van der Waals surface area contributed by atoms with Crippen molar-refractivity contribution in [2.45, 2.75) is 18.8 Å². The summed E-state index contributed by atoms with van der Waals surface area (Å²) in [6.45, 7) is 0. The van der Waals surface area contributed by atoms with E-state index in [-0.39, 0.29) is 0 Å². The number of aromatic nitrogens is 1. The second-order valence-electron chi connectivity index (χ2n) is 4.17. The predicted molar refractivity (Wildman–Crippen MR) is 52.3 cm³/mol. The van der Waals surface area contributed by atoms with Gasteiger partial charge in [0.1, 0.15) is 0 Å². The topological polar surface area (TPSA) is 12.9 Å². The number of fused-ring (bicyclic) bond motifs is 2. The van der Waals surface area contributed by atoms with E-state index in [2.05, 4.69) is 29.3 Å². The lowest BCUT2D eigenvalue weighted by molar-refractivity contribution is 0.585. The summed E-state index contributed by atoms with van der Waals surface area (Å²) in [6.07, 6.45) is 11.3. The Balaban J connectivity index is 1.92. The van der Waals surface area contributed by atoms with Gasteiger partial charge in [0, 0.05) is 12.4 Å². The quantitative estimate of drug-likeness (QED) is 0.592. The summed E-state index contributed by atoms with van der Waals surface area (Å²) < 4.78 is 0. The highest BCUT2D eigenvalue weighted by atomic mass is 14.6. The van der Waals surface area contributed by atoms with Gasteiger partial charge in [-0.2, -0.15) is 0 Å². The molecule has 1 aromatic rings. The smallest absolute Gasteiger partial charge is 0.0270 e. The van der Waals surface area contributed by atoms with Gasteiger partial charge in [0.15, 0.2) is 0 Å². The first-order chi connectivity index (χ1) is 6.43. The van der Waals surface area contributed by atoms with Crippen molar-refractivity contribution in [1.82, 2.24) is 4.98 Å². The van der Waals surface area contributed by atoms with Crippen molar-refractivity contribution < 1.29 is 0 Å². The SMILES string of the molecule is C1=C[C@@H]2CC1CC2c1ccncc1. The molecule has 0 saturated heterocycles. The van der Waals surface area contributed by atoms with Crippen LogP contribution in [0.3, 0.4) is 0 Å². The molecular formula is C12H13N. The average Bonchev–Trinajstić information content (AvgIpc) is 2.80. The lowest BCUT2D eigenvalue weighted by atomic mass is 9.87. The highest BCUT2D eigenvalue weighted by Crippen LogP contribution is 2.48. The maximum absolute atomic E-state index is 4.06. The second-order valence-corrected chi connectivity index (χ2v) is 4.17. The van der Waals surface area contributed by atoms with Crippen molar-refractivity contribution in [3.05, 3.63) is 42.2 Å². The number of allylic oxidation sites excluding steroid dienone is 2. The monoisotopic (exact) mass is 171 g/mol. The van der Waals surface area contributed by atoms with Crippen LogP contribution in [0.15, 0.2) is 36.7 Å². The van der Waals surface area contributed by atoms with Crippen LogP contribution in [0.5, 0.6) is 0 Å². The fourth-order valence-electron chi connectivity index (χ4n) is 2.77. The van der Waals surface area contributed by atoms with Gasteiger partial charge in [0.25, 0.3) is 0 Å². The molecule has 0 aliphatic heterocycles. The summed E-state index contributed by atoms with van der Waals surface area (Å²) >= 11 is 0. The van der Waals surface area contributed by atoms with Crippen molar-refractivity contribution in [3.63, 3.8) is 0 Å². The highest BCUT2D eigenvalue weighted by Gasteiger charge is 2.36. The zero-order chi connectivity index (χ0) is 8.67. The first-order valence-electron chi connectivity index (χ1n) is 5.02. The molecule has 0 radical (unpaired) electrons. The van der Waals surface area contributed by atoms with E-state index in [1.54, 1.807) is 0 Å². The lowest BCUT2D eigenvalue weighted by Crippen LogP contribution is -2.04. The Hall–Kier alpha value is -1.11. The minimum Gasteiger partial charge on any atom is -0.265 e. The molecule has 1 fully saturated rings. The van der Waals surface area contributed by atoms with Crippen LogP contribution in [-0.4, -0.2) is 4.98 Å². The molecule has 1 saturated carbocycles. The highest BCUT2D eigenvalue weighted by molar-refractivity contribution is 5.25. The summed E-state index contributed by atoms with van der Waals surface area (Å²) in [7, 11) is 0. The van der Waals surface area contributed by atoms with Crippen LogP contribution in [0, 0.1) is 11.8 Å². The normalized spacial score (nSPS) is 35.5. The van der Waals surface area contributed by atoms with Gasteiger partial charge in [-0.3, -0.25) is 4.98 Å². The van der Waals surface area contributed by atoms with E-state index in [1.807, 2.05) is 12.4 Å². The maximum Gasteiger partial charge on any atom is 0.0270 e. The molecule has 2 aliphatic rings. The molecule has 0 amide bonds. The van der Waals surface area contributed by atoms with E-state index >= 15 is 0 Å². The lowest BCUT2D eigenvalue weighted by Gasteiger charge is -2.17. The Morgan fingerprint density at radius 2 is 1.92 bits per heavy atom. The zero-order valence-corrected chi connectivity index (χ0v) is 7.56. The minimum absolute atomic E-state index is 0.776. The van der Waals surface area contributed by atoms with Crippen molar-refractivity contribution >= 4 is 0 Å². The zero-order valence-electron chi connectivity index (χ0n) is 7.56. The summed E-state index contributed by atoms with van der Waals surface area (Å²) in [5.74, 6) is 2.45. The molecule has 66 valence electrons. The van der Waals surface area contributed by atoms with Crippen LogP contribution in [0.25, 0.3) is 0 Å². The Morgan fingerprint density at radius 3 is 2.54 bits per heavy atom. The standard InChI is InChI=1S/C12H13N/c1-2-11-7-9(1)8-12(11)10-3-5-13-6-4-10/h1-6,9,11-12H,7-8H2/t9?,11-,12?/m1/s1. The van der Waals surface area contributed by atoms with E-state index in [9.17, 15) is 0 Å². The van der Waals surface area contributed by atoms with Crippen LogP contribution in [0.4, 0.5) is 0 Å². The Morgan fingerprint density at radius 1 is 1.08 bits per heavy atom. The molecule has 3 rings (SSSR count). The Labute approximate surface area is 78.5 Å². The van der Waals surface area contributed by atoms with E-state index in [1.165, 1.54) is 18.4 Å². The van der Waals surface area contributed by atoms with E-state index in [4.69, 9.17) is 0 Å². The van der Waals surface area contributed by atoms with Gasteiger partial charge in [0.2, 0.25) is 0 Å². The molecule has 1 heterocycles. The van der Waals surface area contributed by atoms with Crippen molar-refractivity contribution in [1.29, 1.82) is 0 Å². The van der Waals surface area contributed by atoms with E-state index in [0.717, 1.165) is 17.8 Å². The molecule has 1 heteroatoms. The van der Waals surface area contributed by atoms with Gasteiger partial charge in [-0.25, -0.2) is 0 Å². The first kappa shape index (κ1) is 7.31. The molecule has 2 aliphatic carbocycles. The van der Waals surface area contributed by atoms with Crippen LogP contribution >= 0.6 is 0 Å². The number of hydrogen-bond donors (Lipinski definition) is 0. The Kier molecular flexibility index (Phi) is 1.51. The molecule has 2 unspecified atom stereocenters. The van der Waals surface area contributed by atoms with E-state index < -0.39 is 0 Å². The van der Waals surface area contributed by atoms with Crippen molar-refractivity contribution in [2.75, 3.05) is 0 Å². The third-order valence-electron chi connectivity index (χ3n) is 3.41. The number of rotatable bonds is 1. The Bertz CT molecular complexity index is 328. The fraction of sp³-hybridized carbons (Fsp3) is 0.417. The van der Waals surface area contributed by atoms with Crippen LogP contribution in [0.2, 0.25) is 0 Å². The molecule has 3 atom stereocenters. The van der Waals surface area contributed by atoms with Crippen molar-refractivity contribution in [3.8, 4) is 0 Å². The summed E-state index contributed by atoms with van der Waals surface area (Å²) in [5, 5.41) is 0. The molecule has 0 spiro atoms. The van der Waals surface area contributed by atoms with Gasteiger partial charge in [0.05, 0.1) is 0 Å².